The van der Waals surface area contributed by atoms with Crippen molar-refractivity contribution in [1.82, 2.24) is 40.5 Å². The molecule has 4 N–H and O–H groups in total. The number of benzene rings is 2. The third-order valence-electron chi connectivity index (χ3n) is 12.6. The van der Waals surface area contributed by atoms with Crippen LogP contribution in [0.15, 0.2) is 79.3 Å². The molecular formula is C46H54N8O4. The summed E-state index contributed by atoms with van der Waals surface area (Å²) in [6.07, 6.45) is 9.90. The third kappa shape index (κ3) is 7.76. The lowest BCUT2D eigenvalue weighted by atomic mass is 9.78. The van der Waals surface area contributed by atoms with Crippen molar-refractivity contribution in [3.8, 4) is 33.6 Å². The Morgan fingerprint density at radius 3 is 2.07 bits per heavy atom. The molecule has 8 rings (SSSR count). The highest BCUT2D eigenvalue weighted by Crippen LogP contribution is 2.56. The minimum absolute atomic E-state index is 0.0851. The zero-order valence-corrected chi connectivity index (χ0v) is 34.0. The van der Waals surface area contributed by atoms with Gasteiger partial charge in [0.25, 0.3) is 0 Å². The predicted molar refractivity (Wildman–Crippen MR) is 222 cm³/mol. The van der Waals surface area contributed by atoms with E-state index in [0.717, 1.165) is 88.7 Å². The van der Waals surface area contributed by atoms with E-state index in [0.29, 0.717) is 30.8 Å². The molecule has 4 heterocycles. The first-order valence-corrected chi connectivity index (χ1v) is 20.8. The number of rotatable bonds is 12. The molecule has 0 radical (unpaired) electrons. The fourth-order valence-corrected chi connectivity index (χ4v) is 9.67. The number of amides is 3. The Morgan fingerprint density at radius 2 is 1.43 bits per heavy atom. The number of nitrogens with one attached hydrogen (secondary N) is 4. The maximum Gasteiger partial charge on any atom is 0.407 e. The molecule has 2 bridgehead atoms. The summed E-state index contributed by atoms with van der Waals surface area (Å²) in [6, 6.07) is 20.0. The van der Waals surface area contributed by atoms with Crippen molar-refractivity contribution < 1.29 is 19.1 Å². The van der Waals surface area contributed by atoms with Crippen molar-refractivity contribution in [3.63, 3.8) is 0 Å². The zero-order chi connectivity index (χ0) is 40.5. The van der Waals surface area contributed by atoms with Crippen molar-refractivity contribution in [3.05, 3.63) is 102 Å². The summed E-state index contributed by atoms with van der Waals surface area (Å²) in [5, 5.41) is 5.98. The number of alkyl carbamates (subject to hydrolysis) is 1. The molecule has 6 atom stereocenters. The number of hydrogen-bond acceptors (Lipinski definition) is 7. The average Bonchev–Trinajstić information content (AvgIpc) is 4.10. The van der Waals surface area contributed by atoms with Crippen LogP contribution in [0.2, 0.25) is 0 Å². The van der Waals surface area contributed by atoms with Gasteiger partial charge in [0.05, 0.1) is 42.9 Å². The van der Waals surface area contributed by atoms with E-state index in [2.05, 4.69) is 94.0 Å². The molecule has 1 aliphatic heterocycles. The summed E-state index contributed by atoms with van der Waals surface area (Å²) in [5.74, 6) is 2.69. The van der Waals surface area contributed by atoms with E-state index in [4.69, 9.17) is 14.7 Å². The lowest BCUT2D eigenvalue weighted by molar-refractivity contribution is -0.135. The standard InChI is InChI=1S/C46H54N8O4/c1-26(2)40-34(8-6-20-47-40)23-50-44(55)39-33-19-18-32(22-33)38(39)43-49-25-36(52-43)31-16-12-29(13-17-31)28-10-14-30(15-11-28)35-24-48-42(51-35)37-9-7-21-54(37)45(56)41(27(3)4)53-46(57)58-5/h6,8,10-17,20,24-27,32-33,37-39,41H,7,9,18-19,21-23H2,1-5H3,(H,48,51)(H,49,52)(H,50,55)(H,53,57)/t32?,33?,37-,38+,39+,41-/m0/s1. The molecule has 2 aromatic carbocycles. The summed E-state index contributed by atoms with van der Waals surface area (Å²) in [5.41, 5.74) is 8.17. The number of carbonyl (C=O) groups is 3. The van der Waals surface area contributed by atoms with Gasteiger partial charge in [-0.05, 0) is 89.7 Å². The molecule has 12 heteroatoms. The second-order valence-corrected chi connectivity index (χ2v) is 16.9. The molecule has 3 fully saturated rings. The SMILES string of the molecule is COC(=O)N[C@H](C(=O)N1CCC[C@H]1c1ncc(-c2ccc(-c3ccc(-c4cnc([C@@H]5C6CCC(C6)[C@H]5C(=O)NCc5cccnc5C(C)C)[nH]4)cc3)cc2)[nH]1)C(C)C. The number of aromatic nitrogens is 5. The highest BCUT2D eigenvalue weighted by Gasteiger charge is 2.52. The van der Waals surface area contributed by atoms with E-state index in [1.165, 1.54) is 7.11 Å². The van der Waals surface area contributed by atoms with Crippen molar-refractivity contribution >= 4 is 17.9 Å². The Balaban J connectivity index is 0.916. The van der Waals surface area contributed by atoms with Gasteiger partial charge in [-0.2, -0.15) is 0 Å². The smallest absolute Gasteiger partial charge is 0.407 e. The Kier molecular flexibility index (Phi) is 11.2. The Morgan fingerprint density at radius 1 is 0.810 bits per heavy atom. The molecule has 2 unspecified atom stereocenters. The lowest BCUT2D eigenvalue weighted by Crippen LogP contribution is -2.51. The van der Waals surface area contributed by atoms with E-state index in [-0.39, 0.29) is 35.6 Å². The summed E-state index contributed by atoms with van der Waals surface area (Å²) in [6.45, 7) is 9.18. The molecule has 2 saturated carbocycles. The van der Waals surface area contributed by atoms with Crippen LogP contribution in [0.4, 0.5) is 4.79 Å². The third-order valence-corrected chi connectivity index (χ3v) is 12.6. The minimum atomic E-state index is -0.678. The largest absolute Gasteiger partial charge is 0.453 e. The molecule has 1 saturated heterocycles. The van der Waals surface area contributed by atoms with Crippen LogP contribution in [0, 0.1) is 23.7 Å². The second-order valence-electron chi connectivity index (χ2n) is 16.9. The average molecular weight is 783 g/mol. The fraction of sp³-hybridized carbons (Fsp3) is 0.435. The maximum atomic E-state index is 13.8. The van der Waals surface area contributed by atoms with E-state index in [1.54, 1.807) is 0 Å². The first kappa shape index (κ1) is 39.1. The molecule has 58 heavy (non-hydrogen) atoms. The molecule has 3 aromatic heterocycles. The number of pyridine rings is 1. The van der Waals surface area contributed by atoms with Crippen LogP contribution < -0.4 is 10.6 Å². The van der Waals surface area contributed by atoms with Crippen LogP contribution in [-0.2, 0) is 20.9 Å². The number of methoxy groups -OCH3 is 1. The highest BCUT2D eigenvalue weighted by atomic mass is 16.5. The molecule has 2 aliphatic carbocycles. The number of carbonyl (C=O) groups excluding carboxylic acids is 3. The Hall–Kier alpha value is -5.78. The molecule has 5 aromatic rings. The van der Waals surface area contributed by atoms with Gasteiger partial charge in [0.1, 0.15) is 17.7 Å². The first-order valence-electron chi connectivity index (χ1n) is 20.8. The van der Waals surface area contributed by atoms with Gasteiger partial charge in [0.15, 0.2) is 0 Å². The fourth-order valence-electron chi connectivity index (χ4n) is 9.67. The van der Waals surface area contributed by atoms with Gasteiger partial charge in [-0.15, -0.1) is 0 Å². The van der Waals surface area contributed by atoms with Gasteiger partial charge < -0.3 is 30.2 Å². The van der Waals surface area contributed by atoms with Gasteiger partial charge in [0.2, 0.25) is 11.8 Å². The van der Waals surface area contributed by atoms with Gasteiger partial charge in [-0.1, -0.05) is 82.3 Å². The number of hydrogen-bond donors (Lipinski definition) is 4. The molecule has 0 spiro atoms. The summed E-state index contributed by atoms with van der Waals surface area (Å²) >= 11 is 0. The van der Waals surface area contributed by atoms with Gasteiger partial charge >= 0.3 is 6.09 Å². The minimum Gasteiger partial charge on any atom is -0.453 e. The molecular weight excluding hydrogens is 729 g/mol. The number of H-pyrrole nitrogens is 2. The van der Waals surface area contributed by atoms with Gasteiger partial charge in [-0.3, -0.25) is 14.6 Å². The van der Waals surface area contributed by atoms with Crippen LogP contribution >= 0.6 is 0 Å². The quantitative estimate of drug-likeness (QED) is 0.0995. The number of ether oxygens (including phenoxy) is 1. The molecule has 3 amide bonds. The van der Waals surface area contributed by atoms with Gasteiger partial charge in [-0.25, -0.2) is 14.8 Å². The molecule has 302 valence electrons. The maximum absolute atomic E-state index is 13.8. The second kappa shape index (κ2) is 16.6. The molecule has 12 nitrogen and oxygen atoms in total. The predicted octanol–water partition coefficient (Wildman–Crippen LogP) is 8.14. The van der Waals surface area contributed by atoms with E-state index in [1.807, 2.05) is 43.4 Å². The normalized spacial score (nSPS) is 21.8. The summed E-state index contributed by atoms with van der Waals surface area (Å²) < 4.78 is 4.77. The Labute approximate surface area is 340 Å². The topological polar surface area (TPSA) is 158 Å². The van der Waals surface area contributed by atoms with Crippen molar-refractivity contribution in [2.24, 2.45) is 23.7 Å². The van der Waals surface area contributed by atoms with Crippen LogP contribution in [-0.4, -0.2) is 67.4 Å². The van der Waals surface area contributed by atoms with Crippen LogP contribution in [0.25, 0.3) is 33.6 Å². The van der Waals surface area contributed by atoms with Gasteiger partial charge in [0, 0.05) is 30.9 Å². The molecule has 3 aliphatic rings. The van der Waals surface area contributed by atoms with E-state index < -0.39 is 12.1 Å². The van der Waals surface area contributed by atoms with E-state index in [9.17, 15) is 14.4 Å². The van der Waals surface area contributed by atoms with Crippen LogP contribution in [0.1, 0.15) is 101 Å². The number of nitrogens with zero attached hydrogens (tertiary/aromatic N) is 4. The van der Waals surface area contributed by atoms with Crippen molar-refractivity contribution in [2.75, 3.05) is 13.7 Å². The Bertz CT molecular complexity index is 2240. The van der Waals surface area contributed by atoms with Crippen molar-refractivity contribution in [1.29, 1.82) is 0 Å². The zero-order valence-electron chi connectivity index (χ0n) is 34.0. The number of fused-ring (bicyclic) bond motifs is 2. The lowest BCUT2D eigenvalue weighted by Gasteiger charge is -2.30. The number of likely N-dealkylation sites (tertiary alicyclic amines) is 1. The van der Waals surface area contributed by atoms with Crippen LogP contribution in [0.5, 0.6) is 0 Å². The number of aromatic amines is 2. The van der Waals surface area contributed by atoms with Crippen molar-refractivity contribution in [2.45, 2.75) is 90.3 Å². The summed E-state index contributed by atoms with van der Waals surface area (Å²) in [4.78, 5) is 62.4. The monoisotopic (exact) mass is 782 g/mol. The highest BCUT2D eigenvalue weighted by molar-refractivity contribution is 5.86. The number of imidazole rings is 2. The van der Waals surface area contributed by atoms with E-state index >= 15 is 0 Å². The first-order chi connectivity index (χ1) is 28.1. The van der Waals surface area contributed by atoms with Crippen LogP contribution in [0.3, 0.4) is 0 Å². The summed E-state index contributed by atoms with van der Waals surface area (Å²) in [7, 11) is 1.30.